The van der Waals surface area contributed by atoms with Crippen molar-refractivity contribution in [2.24, 2.45) is 5.92 Å². The second-order valence-electron chi connectivity index (χ2n) is 5.85. The predicted molar refractivity (Wildman–Crippen MR) is 80.6 cm³/mol. The summed E-state index contributed by atoms with van der Waals surface area (Å²) < 4.78 is 0. The molecule has 0 amide bonds. The maximum Gasteiger partial charge on any atom is 0.0900 e. The van der Waals surface area contributed by atoms with Crippen molar-refractivity contribution in [3.8, 4) is 0 Å². The maximum absolute atomic E-state index is 10.1. The zero-order valence-corrected chi connectivity index (χ0v) is 13.1. The molecule has 0 aliphatic heterocycles. The van der Waals surface area contributed by atoms with Gasteiger partial charge in [-0.1, -0.05) is 25.7 Å². The van der Waals surface area contributed by atoms with Crippen LogP contribution >= 0.6 is 11.3 Å². The minimum absolute atomic E-state index is 0.208. The Morgan fingerprint density at radius 3 is 2.63 bits per heavy atom. The van der Waals surface area contributed by atoms with Gasteiger partial charge in [0.1, 0.15) is 0 Å². The molecule has 1 fully saturated rings. The molecule has 0 spiro atoms. The SMILES string of the molecule is Cc1nc(C)c(C(C)NCC(O)CC2CCCC2)s1. The van der Waals surface area contributed by atoms with Crippen molar-refractivity contribution in [1.29, 1.82) is 0 Å². The van der Waals surface area contributed by atoms with Crippen LogP contribution in [0.3, 0.4) is 0 Å². The van der Waals surface area contributed by atoms with Crippen LogP contribution in [0.1, 0.15) is 60.6 Å². The minimum Gasteiger partial charge on any atom is -0.392 e. The van der Waals surface area contributed by atoms with Gasteiger partial charge in [-0.3, -0.25) is 0 Å². The van der Waals surface area contributed by atoms with Crippen molar-refractivity contribution in [3.05, 3.63) is 15.6 Å². The molecule has 2 unspecified atom stereocenters. The standard InChI is InChI=1S/C15H26N2OS/c1-10(15-11(2)17-12(3)19-15)16-9-14(18)8-13-6-4-5-7-13/h10,13-14,16,18H,4-9H2,1-3H3. The first kappa shape index (κ1) is 14.9. The van der Waals surface area contributed by atoms with Crippen LogP contribution in [0.25, 0.3) is 0 Å². The normalized spacial score (nSPS) is 19.8. The topological polar surface area (TPSA) is 45.2 Å². The molecule has 2 rings (SSSR count). The largest absolute Gasteiger partial charge is 0.392 e. The Bertz CT molecular complexity index is 399. The molecule has 1 aliphatic carbocycles. The molecule has 2 atom stereocenters. The first-order valence-corrected chi connectivity index (χ1v) is 8.23. The van der Waals surface area contributed by atoms with E-state index in [9.17, 15) is 5.11 Å². The maximum atomic E-state index is 10.1. The molecule has 4 heteroatoms. The van der Waals surface area contributed by atoms with Crippen molar-refractivity contribution >= 4 is 11.3 Å². The van der Waals surface area contributed by atoms with E-state index in [1.165, 1.54) is 30.6 Å². The Hall–Kier alpha value is -0.450. The van der Waals surface area contributed by atoms with E-state index in [0.29, 0.717) is 6.54 Å². The molecule has 1 heterocycles. The molecule has 108 valence electrons. The number of aromatic nitrogens is 1. The molecule has 1 aromatic heterocycles. The first-order valence-electron chi connectivity index (χ1n) is 7.41. The van der Waals surface area contributed by atoms with E-state index in [1.807, 2.05) is 6.92 Å². The third-order valence-electron chi connectivity index (χ3n) is 4.07. The van der Waals surface area contributed by atoms with Crippen LogP contribution in [0.15, 0.2) is 0 Å². The van der Waals surface area contributed by atoms with Crippen molar-refractivity contribution in [2.45, 2.75) is 65.0 Å². The average molecular weight is 282 g/mol. The Kier molecular flexibility index (Phi) is 5.37. The lowest BCUT2D eigenvalue weighted by Gasteiger charge is -2.19. The lowest BCUT2D eigenvalue weighted by molar-refractivity contribution is 0.138. The highest BCUT2D eigenvalue weighted by atomic mass is 32.1. The number of nitrogens with one attached hydrogen (secondary N) is 1. The molecule has 2 N–H and O–H groups in total. The molecule has 3 nitrogen and oxygen atoms in total. The fraction of sp³-hybridized carbons (Fsp3) is 0.800. The highest BCUT2D eigenvalue weighted by Gasteiger charge is 2.20. The number of rotatable bonds is 6. The Morgan fingerprint density at radius 1 is 1.37 bits per heavy atom. The summed E-state index contributed by atoms with van der Waals surface area (Å²) in [5, 5.41) is 14.7. The van der Waals surface area contributed by atoms with Crippen LogP contribution in [0.2, 0.25) is 0 Å². The summed E-state index contributed by atoms with van der Waals surface area (Å²) in [7, 11) is 0. The Morgan fingerprint density at radius 2 is 2.05 bits per heavy atom. The van der Waals surface area contributed by atoms with Crippen LogP contribution < -0.4 is 5.32 Å². The lowest BCUT2D eigenvalue weighted by atomic mass is 10.00. The van der Waals surface area contributed by atoms with E-state index in [4.69, 9.17) is 0 Å². The van der Waals surface area contributed by atoms with E-state index >= 15 is 0 Å². The molecule has 1 aliphatic rings. The summed E-state index contributed by atoms with van der Waals surface area (Å²) in [6.45, 7) is 6.95. The summed E-state index contributed by atoms with van der Waals surface area (Å²) in [6.07, 6.45) is 6.06. The van der Waals surface area contributed by atoms with Gasteiger partial charge in [0.05, 0.1) is 16.8 Å². The lowest BCUT2D eigenvalue weighted by Crippen LogP contribution is -2.30. The fourth-order valence-electron chi connectivity index (χ4n) is 3.07. The molecule has 0 bridgehead atoms. The highest BCUT2D eigenvalue weighted by molar-refractivity contribution is 7.11. The number of hydrogen-bond acceptors (Lipinski definition) is 4. The van der Waals surface area contributed by atoms with E-state index in [-0.39, 0.29) is 12.1 Å². The van der Waals surface area contributed by atoms with Crippen LogP contribution in [0, 0.1) is 19.8 Å². The quantitative estimate of drug-likeness (QED) is 0.841. The minimum atomic E-state index is -0.208. The zero-order chi connectivity index (χ0) is 13.8. The molecule has 0 radical (unpaired) electrons. The molecule has 0 saturated heterocycles. The number of aliphatic hydroxyl groups is 1. The van der Waals surface area contributed by atoms with Crippen molar-refractivity contribution in [3.63, 3.8) is 0 Å². The van der Waals surface area contributed by atoms with Crippen molar-refractivity contribution < 1.29 is 5.11 Å². The number of thiazole rings is 1. The zero-order valence-electron chi connectivity index (χ0n) is 12.3. The van der Waals surface area contributed by atoms with Gasteiger partial charge in [0.2, 0.25) is 0 Å². The van der Waals surface area contributed by atoms with E-state index in [2.05, 4.69) is 24.1 Å². The van der Waals surface area contributed by atoms with Crippen LogP contribution in [0.5, 0.6) is 0 Å². The van der Waals surface area contributed by atoms with Crippen molar-refractivity contribution in [1.82, 2.24) is 10.3 Å². The van der Waals surface area contributed by atoms with Gasteiger partial charge in [-0.15, -0.1) is 11.3 Å². The third-order valence-corrected chi connectivity index (χ3v) is 5.33. The molecule has 19 heavy (non-hydrogen) atoms. The van der Waals surface area contributed by atoms with Crippen LogP contribution in [-0.4, -0.2) is 22.7 Å². The molecule has 0 aromatic carbocycles. The van der Waals surface area contributed by atoms with Gasteiger partial charge >= 0.3 is 0 Å². The molecular weight excluding hydrogens is 256 g/mol. The summed E-state index contributed by atoms with van der Waals surface area (Å²) in [4.78, 5) is 5.76. The van der Waals surface area contributed by atoms with Gasteiger partial charge in [-0.2, -0.15) is 0 Å². The summed E-state index contributed by atoms with van der Waals surface area (Å²) in [5.41, 5.74) is 1.12. The van der Waals surface area contributed by atoms with Gasteiger partial charge in [-0.05, 0) is 33.1 Å². The summed E-state index contributed by atoms with van der Waals surface area (Å²) in [6, 6.07) is 0.282. The Balaban J connectivity index is 1.76. The second-order valence-corrected chi connectivity index (χ2v) is 7.09. The fourth-order valence-corrected chi connectivity index (χ4v) is 4.02. The monoisotopic (exact) mass is 282 g/mol. The first-order chi connectivity index (χ1) is 9.06. The van der Waals surface area contributed by atoms with Gasteiger partial charge in [0, 0.05) is 17.5 Å². The predicted octanol–water partition coefficient (Wildman–Crippen LogP) is 3.35. The number of aliphatic hydroxyl groups excluding tert-OH is 1. The molecule has 1 aromatic rings. The second kappa shape index (κ2) is 6.82. The van der Waals surface area contributed by atoms with Gasteiger partial charge in [0.25, 0.3) is 0 Å². The van der Waals surface area contributed by atoms with E-state index < -0.39 is 0 Å². The van der Waals surface area contributed by atoms with Crippen LogP contribution in [0.4, 0.5) is 0 Å². The van der Waals surface area contributed by atoms with Crippen molar-refractivity contribution in [2.75, 3.05) is 6.54 Å². The molecule has 1 saturated carbocycles. The van der Waals surface area contributed by atoms with E-state index in [1.54, 1.807) is 11.3 Å². The number of hydrogen-bond donors (Lipinski definition) is 2. The third kappa shape index (κ3) is 4.26. The summed E-state index contributed by atoms with van der Waals surface area (Å²) in [5.74, 6) is 0.750. The van der Waals surface area contributed by atoms with Gasteiger partial charge in [0.15, 0.2) is 0 Å². The number of nitrogens with zero attached hydrogens (tertiary/aromatic N) is 1. The smallest absolute Gasteiger partial charge is 0.0900 e. The highest BCUT2D eigenvalue weighted by Crippen LogP contribution is 2.29. The average Bonchev–Trinajstić information content (AvgIpc) is 2.96. The van der Waals surface area contributed by atoms with E-state index in [0.717, 1.165) is 23.0 Å². The Labute approximate surface area is 120 Å². The summed E-state index contributed by atoms with van der Waals surface area (Å²) >= 11 is 1.75. The number of aryl methyl sites for hydroxylation is 2. The van der Waals surface area contributed by atoms with Crippen LogP contribution in [-0.2, 0) is 0 Å². The molecular formula is C15H26N2OS. The van der Waals surface area contributed by atoms with Gasteiger partial charge in [-0.25, -0.2) is 4.98 Å². The van der Waals surface area contributed by atoms with Gasteiger partial charge < -0.3 is 10.4 Å².